The Labute approximate surface area is 118 Å². The van der Waals surface area contributed by atoms with E-state index in [1.54, 1.807) is 10.8 Å². The zero-order valence-electron chi connectivity index (χ0n) is 12.4. The smallest absolute Gasteiger partial charge is 0.326 e. The highest BCUT2D eigenvalue weighted by molar-refractivity contribution is 5.78. The van der Waals surface area contributed by atoms with Crippen LogP contribution in [0.5, 0.6) is 0 Å². The van der Waals surface area contributed by atoms with E-state index in [-0.39, 0.29) is 0 Å². The quantitative estimate of drug-likeness (QED) is 0.910. The minimum absolute atomic E-state index is 0.415. The Morgan fingerprint density at radius 3 is 2.70 bits per heavy atom. The Bertz CT molecular complexity index is 631. The van der Waals surface area contributed by atoms with Crippen molar-refractivity contribution in [2.24, 2.45) is 5.92 Å². The predicted octanol–water partition coefficient (Wildman–Crippen LogP) is 2.97. The van der Waals surface area contributed by atoms with Gasteiger partial charge in [-0.25, -0.2) is 14.8 Å². The molecule has 2 rings (SSSR count). The van der Waals surface area contributed by atoms with Crippen LogP contribution < -0.4 is 0 Å². The van der Waals surface area contributed by atoms with Gasteiger partial charge in [0, 0.05) is 12.6 Å². The van der Waals surface area contributed by atoms with Crippen molar-refractivity contribution in [3.05, 3.63) is 23.7 Å². The van der Waals surface area contributed by atoms with Crippen LogP contribution in [0.3, 0.4) is 0 Å². The molecular weight excluding hydrogens is 254 g/mol. The zero-order valence-corrected chi connectivity index (χ0v) is 12.4. The first-order chi connectivity index (χ1) is 9.43. The molecule has 2 aromatic heterocycles. The Morgan fingerprint density at radius 1 is 1.45 bits per heavy atom. The van der Waals surface area contributed by atoms with Crippen molar-refractivity contribution in [1.82, 2.24) is 14.5 Å². The van der Waals surface area contributed by atoms with Crippen molar-refractivity contribution in [3.63, 3.8) is 0 Å². The predicted molar refractivity (Wildman–Crippen MR) is 77.8 cm³/mol. The van der Waals surface area contributed by atoms with E-state index in [9.17, 15) is 9.90 Å². The topological polar surface area (TPSA) is 68.0 Å². The number of nitrogens with zero attached hydrogens (tertiary/aromatic N) is 3. The summed E-state index contributed by atoms with van der Waals surface area (Å²) in [7, 11) is 0. The lowest BCUT2D eigenvalue weighted by molar-refractivity contribution is -0.141. The van der Waals surface area contributed by atoms with Crippen LogP contribution in [0.25, 0.3) is 11.2 Å². The molecule has 0 amide bonds. The average Bonchev–Trinajstić information content (AvgIpc) is 2.66. The first-order valence-electron chi connectivity index (χ1n) is 7.00. The molecule has 0 saturated heterocycles. The van der Waals surface area contributed by atoms with Crippen LogP contribution in [-0.2, 0) is 11.2 Å². The van der Waals surface area contributed by atoms with Gasteiger partial charge in [-0.3, -0.25) is 4.57 Å². The van der Waals surface area contributed by atoms with E-state index in [1.165, 1.54) is 0 Å². The fourth-order valence-electron chi connectivity index (χ4n) is 2.43. The molecule has 0 bridgehead atoms. The van der Waals surface area contributed by atoms with Crippen molar-refractivity contribution >= 4 is 17.1 Å². The number of pyridine rings is 1. The highest BCUT2D eigenvalue weighted by Gasteiger charge is 2.24. The highest BCUT2D eigenvalue weighted by Crippen LogP contribution is 2.24. The first-order valence-corrected chi connectivity index (χ1v) is 7.00. The van der Waals surface area contributed by atoms with Crippen LogP contribution in [0.4, 0.5) is 0 Å². The van der Waals surface area contributed by atoms with Crippen molar-refractivity contribution in [2.45, 2.75) is 46.6 Å². The van der Waals surface area contributed by atoms with E-state index in [0.29, 0.717) is 18.0 Å². The van der Waals surface area contributed by atoms with E-state index < -0.39 is 12.0 Å². The van der Waals surface area contributed by atoms with Crippen LogP contribution in [0, 0.1) is 12.8 Å². The summed E-state index contributed by atoms with van der Waals surface area (Å²) >= 11 is 0. The second-order valence-corrected chi connectivity index (χ2v) is 5.61. The molecular formula is C15H21N3O2. The second kappa shape index (κ2) is 5.61. The molecule has 0 saturated carbocycles. The SMILES string of the molecule is CCC(C(=O)O)n1c(CC(C)C)nc2cc(C)cnc21. The number of rotatable bonds is 5. The maximum Gasteiger partial charge on any atom is 0.326 e. The molecule has 20 heavy (non-hydrogen) atoms. The molecule has 0 aliphatic carbocycles. The van der Waals surface area contributed by atoms with Crippen molar-refractivity contribution in [3.8, 4) is 0 Å². The maximum absolute atomic E-state index is 11.5. The van der Waals surface area contributed by atoms with Crippen molar-refractivity contribution < 1.29 is 9.90 Å². The summed E-state index contributed by atoms with van der Waals surface area (Å²) in [5, 5.41) is 9.44. The minimum Gasteiger partial charge on any atom is -0.480 e. The van der Waals surface area contributed by atoms with E-state index in [2.05, 4.69) is 23.8 Å². The van der Waals surface area contributed by atoms with Crippen LogP contribution in [0.15, 0.2) is 12.3 Å². The van der Waals surface area contributed by atoms with Gasteiger partial charge in [-0.1, -0.05) is 20.8 Å². The second-order valence-electron chi connectivity index (χ2n) is 5.61. The van der Waals surface area contributed by atoms with Gasteiger partial charge in [0.25, 0.3) is 0 Å². The molecule has 1 atom stereocenters. The third-order valence-corrected chi connectivity index (χ3v) is 3.31. The van der Waals surface area contributed by atoms with Crippen LogP contribution in [0.2, 0.25) is 0 Å². The molecule has 0 spiro atoms. The molecule has 1 N–H and O–H groups in total. The van der Waals surface area contributed by atoms with E-state index in [1.807, 2.05) is 19.9 Å². The number of aryl methyl sites for hydroxylation is 1. The van der Waals surface area contributed by atoms with Crippen LogP contribution >= 0.6 is 0 Å². The van der Waals surface area contributed by atoms with Gasteiger partial charge in [0.2, 0.25) is 0 Å². The molecule has 2 heterocycles. The average molecular weight is 275 g/mol. The molecule has 0 radical (unpaired) electrons. The molecule has 0 fully saturated rings. The Kier molecular flexibility index (Phi) is 4.06. The number of carboxylic acids is 1. The molecule has 2 aromatic rings. The van der Waals surface area contributed by atoms with Crippen molar-refractivity contribution in [2.75, 3.05) is 0 Å². The Balaban J connectivity index is 2.66. The minimum atomic E-state index is -0.834. The number of fused-ring (bicyclic) bond motifs is 1. The lowest BCUT2D eigenvalue weighted by atomic mass is 10.1. The van der Waals surface area contributed by atoms with Gasteiger partial charge in [0.05, 0.1) is 0 Å². The summed E-state index contributed by atoms with van der Waals surface area (Å²) in [6, 6.07) is 1.35. The van der Waals surface area contributed by atoms with Gasteiger partial charge in [-0.2, -0.15) is 0 Å². The van der Waals surface area contributed by atoms with Gasteiger partial charge in [0.15, 0.2) is 5.65 Å². The Morgan fingerprint density at radius 2 is 2.15 bits per heavy atom. The molecule has 0 aliphatic rings. The summed E-state index contributed by atoms with van der Waals surface area (Å²) in [5.74, 6) is 0.388. The van der Waals surface area contributed by atoms with Crippen LogP contribution in [-0.4, -0.2) is 25.6 Å². The number of carboxylic acid groups (broad SMARTS) is 1. The van der Waals surface area contributed by atoms with Gasteiger partial charge in [-0.15, -0.1) is 0 Å². The summed E-state index contributed by atoms with van der Waals surface area (Å²) in [6.07, 6.45) is 3.02. The number of hydrogen-bond donors (Lipinski definition) is 1. The molecule has 5 heteroatoms. The summed E-state index contributed by atoms with van der Waals surface area (Å²) in [6.45, 7) is 8.04. The van der Waals surface area contributed by atoms with E-state index in [4.69, 9.17) is 0 Å². The number of imidazole rings is 1. The maximum atomic E-state index is 11.5. The largest absolute Gasteiger partial charge is 0.480 e. The molecule has 0 aliphatic heterocycles. The van der Waals surface area contributed by atoms with Gasteiger partial charge >= 0.3 is 5.97 Å². The highest BCUT2D eigenvalue weighted by atomic mass is 16.4. The van der Waals surface area contributed by atoms with E-state index >= 15 is 0 Å². The molecule has 5 nitrogen and oxygen atoms in total. The summed E-state index contributed by atoms with van der Waals surface area (Å²) in [5.41, 5.74) is 2.47. The molecule has 1 unspecified atom stereocenters. The summed E-state index contributed by atoms with van der Waals surface area (Å²) < 4.78 is 1.79. The Hall–Kier alpha value is -1.91. The number of carbonyl (C=O) groups is 1. The fraction of sp³-hybridized carbons (Fsp3) is 0.533. The standard InChI is InChI=1S/C15H21N3O2/c1-5-12(15(19)20)18-13(6-9(2)3)17-11-7-10(4)8-16-14(11)18/h7-9,12H,5-6H2,1-4H3,(H,19,20). The molecule has 0 aromatic carbocycles. The zero-order chi connectivity index (χ0) is 14.9. The summed E-state index contributed by atoms with van der Waals surface area (Å²) in [4.78, 5) is 20.5. The first kappa shape index (κ1) is 14.5. The number of aliphatic carboxylic acids is 1. The number of aromatic nitrogens is 3. The normalized spacial score (nSPS) is 13.1. The van der Waals surface area contributed by atoms with Gasteiger partial charge in [-0.05, 0) is 30.9 Å². The monoisotopic (exact) mass is 275 g/mol. The molecule has 108 valence electrons. The lowest BCUT2D eigenvalue weighted by Crippen LogP contribution is -2.21. The van der Waals surface area contributed by atoms with Gasteiger partial charge in [0.1, 0.15) is 17.4 Å². The van der Waals surface area contributed by atoms with E-state index in [0.717, 1.165) is 23.3 Å². The third-order valence-electron chi connectivity index (χ3n) is 3.31. The van der Waals surface area contributed by atoms with Crippen molar-refractivity contribution in [1.29, 1.82) is 0 Å². The fourth-order valence-corrected chi connectivity index (χ4v) is 2.43. The number of hydrogen-bond acceptors (Lipinski definition) is 3. The lowest BCUT2D eigenvalue weighted by Gasteiger charge is -2.16. The van der Waals surface area contributed by atoms with Gasteiger partial charge < -0.3 is 5.11 Å². The third kappa shape index (κ3) is 2.66. The van der Waals surface area contributed by atoms with Crippen LogP contribution in [0.1, 0.15) is 44.6 Å².